The van der Waals surface area contributed by atoms with Crippen molar-refractivity contribution in [2.75, 3.05) is 6.54 Å². The molecule has 9 nitrogen and oxygen atoms in total. The van der Waals surface area contributed by atoms with Crippen LogP contribution < -0.4 is 16.4 Å². The molecule has 0 aromatic heterocycles. The average Bonchev–Trinajstić information content (AvgIpc) is 3.27. The standard InChI is InChI=1S/C23H34N4O5/c1-4-14(2)19(24)21(29)25-15(3)22(30)27-12-8-11-18(27)20(28)26-17(23(31)32)13-16-9-6-5-7-10-16/h5-7,9-10,14-15,17-19H,4,8,11-13,24H2,1-3H3,(H,25,29)(H,26,28)(H,31,32)/t14-,15-,17-,18-,19-/m0/s1. The van der Waals surface area contributed by atoms with Gasteiger partial charge in [-0.25, -0.2) is 4.79 Å². The molecule has 32 heavy (non-hydrogen) atoms. The number of rotatable bonds is 10. The maximum atomic E-state index is 12.9. The van der Waals surface area contributed by atoms with Gasteiger partial charge in [0.1, 0.15) is 18.1 Å². The summed E-state index contributed by atoms with van der Waals surface area (Å²) in [6.45, 7) is 5.73. The van der Waals surface area contributed by atoms with E-state index >= 15 is 0 Å². The van der Waals surface area contributed by atoms with Crippen molar-refractivity contribution >= 4 is 23.7 Å². The summed E-state index contributed by atoms with van der Waals surface area (Å²) in [7, 11) is 0. The van der Waals surface area contributed by atoms with Gasteiger partial charge in [-0.3, -0.25) is 14.4 Å². The van der Waals surface area contributed by atoms with Gasteiger partial charge < -0.3 is 26.4 Å². The molecule has 3 amide bonds. The number of carbonyl (C=O) groups excluding carboxylic acids is 3. The molecular formula is C23H34N4O5. The highest BCUT2D eigenvalue weighted by molar-refractivity contribution is 5.94. The third-order valence-electron chi connectivity index (χ3n) is 6.02. The van der Waals surface area contributed by atoms with Crippen molar-refractivity contribution in [1.29, 1.82) is 0 Å². The predicted octanol–water partition coefficient (Wildman–Crippen LogP) is 0.668. The summed E-state index contributed by atoms with van der Waals surface area (Å²) in [4.78, 5) is 51.2. The molecule has 0 aliphatic carbocycles. The van der Waals surface area contributed by atoms with Crippen LogP contribution in [-0.2, 0) is 25.6 Å². The number of nitrogens with zero attached hydrogens (tertiary/aromatic N) is 1. The average molecular weight is 447 g/mol. The summed E-state index contributed by atoms with van der Waals surface area (Å²) in [6, 6.07) is 5.58. The number of carboxylic acid groups (broad SMARTS) is 1. The van der Waals surface area contributed by atoms with Crippen LogP contribution in [0.1, 0.15) is 45.6 Å². The molecule has 1 aliphatic heterocycles. The Hall–Kier alpha value is -2.94. The first kappa shape index (κ1) is 25.3. The van der Waals surface area contributed by atoms with Crippen molar-refractivity contribution in [1.82, 2.24) is 15.5 Å². The number of likely N-dealkylation sites (tertiary alicyclic amines) is 1. The highest BCUT2D eigenvalue weighted by Crippen LogP contribution is 2.19. The van der Waals surface area contributed by atoms with Crippen molar-refractivity contribution < 1.29 is 24.3 Å². The summed E-state index contributed by atoms with van der Waals surface area (Å²) >= 11 is 0. The monoisotopic (exact) mass is 446 g/mol. The number of amides is 3. The zero-order valence-corrected chi connectivity index (χ0v) is 18.9. The zero-order valence-electron chi connectivity index (χ0n) is 18.9. The van der Waals surface area contributed by atoms with Gasteiger partial charge in [-0.1, -0.05) is 50.6 Å². The fraction of sp³-hybridized carbons (Fsp3) is 0.565. The van der Waals surface area contributed by atoms with Gasteiger partial charge in [0, 0.05) is 13.0 Å². The van der Waals surface area contributed by atoms with Crippen LogP contribution in [0, 0.1) is 5.92 Å². The Morgan fingerprint density at radius 3 is 2.41 bits per heavy atom. The second-order valence-electron chi connectivity index (χ2n) is 8.42. The Labute approximate surface area is 188 Å². The molecule has 0 bridgehead atoms. The van der Waals surface area contributed by atoms with E-state index in [1.807, 2.05) is 19.9 Å². The van der Waals surface area contributed by atoms with Gasteiger partial charge in [0.25, 0.3) is 0 Å². The van der Waals surface area contributed by atoms with E-state index in [0.717, 1.165) is 12.0 Å². The van der Waals surface area contributed by atoms with Crippen LogP contribution in [-0.4, -0.2) is 64.4 Å². The Morgan fingerprint density at radius 1 is 1.16 bits per heavy atom. The Balaban J connectivity index is 2.01. The van der Waals surface area contributed by atoms with Crippen molar-refractivity contribution in [3.63, 3.8) is 0 Å². The largest absolute Gasteiger partial charge is 0.480 e. The summed E-state index contributed by atoms with van der Waals surface area (Å²) in [5.74, 6) is -2.47. The van der Waals surface area contributed by atoms with Crippen LogP contribution in [0.2, 0.25) is 0 Å². The molecule has 0 radical (unpaired) electrons. The normalized spacial score (nSPS) is 19.5. The van der Waals surface area contributed by atoms with E-state index in [-0.39, 0.29) is 18.2 Å². The van der Waals surface area contributed by atoms with Crippen molar-refractivity contribution in [3.8, 4) is 0 Å². The van der Waals surface area contributed by atoms with Crippen LogP contribution in [0.5, 0.6) is 0 Å². The van der Waals surface area contributed by atoms with Crippen molar-refractivity contribution in [3.05, 3.63) is 35.9 Å². The predicted molar refractivity (Wildman–Crippen MR) is 119 cm³/mol. The molecule has 9 heteroatoms. The summed E-state index contributed by atoms with van der Waals surface area (Å²) in [5.41, 5.74) is 6.72. The van der Waals surface area contributed by atoms with Crippen LogP contribution >= 0.6 is 0 Å². The number of carboxylic acids is 1. The van der Waals surface area contributed by atoms with Gasteiger partial charge in [0.15, 0.2) is 0 Å². The second-order valence-corrected chi connectivity index (χ2v) is 8.42. The molecule has 0 spiro atoms. The molecular weight excluding hydrogens is 412 g/mol. The fourth-order valence-electron chi connectivity index (χ4n) is 3.75. The molecule has 2 rings (SSSR count). The summed E-state index contributed by atoms with van der Waals surface area (Å²) in [5, 5.41) is 14.8. The lowest BCUT2D eigenvalue weighted by Gasteiger charge is -2.29. The van der Waals surface area contributed by atoms with E-state index in [4.69, 9.17) is 5.73 Å². The summed E-state index contributed by atoms with van der Waals surface area (Å²) < 4.78 is 0. The lowest BCUT2D eigenvalue weighted by molar-refractivity contribution is -0.144. The maximum absolute atomic E-state index is 12.9. The zero-order chi connectivity index (χ0) is 23.8. The topological polar surface area (TPSA) is 142 Å². The molecule has 1 aliphatic rings. The first-order valence-electron chi connectivity index (χ1n) is 11.1. The van der Waals surface area contributed by atoms with E-state index < -0.39 is 42.0 Å². The molecule has 1 aromatic rings. The van der Waals surface area contributed by atoms with E-state index in [2.05, 4.69) is 10.6 Å². The summed E-state index contributed by atoms with van der Waals surface area (Å²) in [6.07, 6.45) is 1.93. The molecule has 1 fully saturated rings. The van der Waals surface area contributed by atoms with Gasteiger partial charge in [-0.05, 0) is 31.2 Å². The van der Waals surface area contributed by atoms with Gasteiger partial charge in [-0.2, -0.15) is 0 Å². The van der Waals surface area contributed by atoms with Crippen molar-refractivity contribution in [2.45, 2.75) is 70.6 Å². The quantitative estimate of drug-likeness (QED) is 0.416. The minimum atomic E-state index is -1.14. The Kier molecular flexibility index (Phi) is 9.19. The highest BCUT2D eigenvalue weighted by atomic mass is 16.4. The first-order valence-corrected chi connectivity index (χ1v) is 11.1. The van der Waals surface area contributed by atoms with Crippen LogP contribution in [0.4, 0.5) is 0 Å². The maximum Gasteiger partial charge on any atom is 0.326 e. The minimum absolute atomic E-state index is 0.0276. The van der Waals surface area contributed by atoms with E-state index in [1.165, 1.54) is 4.90 Å². The number of aliphatic carboxylic acids is 1. The van der Waals surface area contributed by atoms with E-state index in [0.29, 0.717) is 19.4 Å². The number of benzene rings is 1. The lowest BCUT2D eigenvalue weighted by Crippen LogP contribution is -2.56. The first-order chi connectivity index (χ1) is 15.1. The van der Waals surface area contributed by atoms with Crippen LogP contribution in [0.3, 0.4) is 0 Å². The number of nitrogens with one attached hydrogen (secondary N) is 2. The fourth-order valence-corrected chi connectivity index (χ4v) is 3.75. The number of hydrogen-bond donors (Lipinski definition) is 4. The minimum Gasteiger partial charge on any atom is -0.480 e. The van der Waals surface area contributed by atoms with Gasteiger partial charge in [0.05, 0.1) is 6.04 Å². The Bertz CT molecular complexity index is 816. The van der Waals surface area contributed by atoms with Crippen molar-refractivity contribution in [2.24, 2.45) is 11.7 Å². The third-order valence-corrected chi connectivity index (χ3v) is 6.02. The molecule has 1 saturated heterocycles. The molecule has 5 N–H and O–H groups in total. The molecule has 1 heterocycles. The van der Waals surface area contributed by atoms with E-state index in [9.17, 15) is 24.3 Å². The van der Waals surface area contributed by atoms with Crippen LogP contribution in [0.15, 0.2) is 30.3 Å². The number of carbonyl (C=O) groups is 4. The SMILES string of the molecule is CC[C@H](C)[C@H](N)C(=O)N[C@@H](C)C(=O)N1CCC[C@H]1C(=O)N[C@@H](Cc1ccccc1)C(=O)O. The molecule has 0 saturated carbocycles. The lowest BCUT2D eigenvalue weighted by atomic mass is 9.99. The highest BCUT2D eigenvalue weighted by Gasteiger charge is 2.38. The van der Waals surface area contributed by atoms with E-state index in [1.54, 1.807) is 31.2 Å². The van der Waals surface area contributed by atoms with Gasteiger partial charge in [0.2, 0.25) is 17.7 Å². The molecule has 0 unspecified atom stereocenters. The van der Waals surface area contributed by atoms with Gasteiger partial charge >= 0.3 is 5.97 Å². The second kappa shape index (κ2) is 11.6. The third kappa shape index (κ3) is 6.53. The van der Waals surface area contributed by atoms with Crippen LogP contribution in [0.25, 0.3) is 0 Å². The van der Waals surface area contributed by atoms with Gasteiger partial charge in [-0.15, -0.1) is 0 Å². The molecule has 176 valence electrons. The number of nitrogens with two attached hydrogens (primary N) is 1. The Morgan fingerprint density at radius 2 is 1.81 bits per heavy atom. The molecule has 1 aromatic carbocycles. The number of hydrogen-bond acceptors (Lipinski definition) is 5. The molecule has 5 atom stereocenters. The smallest absolute Gasteiger partial charge is 0.326 e.